The molecule has 2 aromatic carbocycles. The maximum absolute atomic E-state index is 13.8. The fourth-order valence-electron chi connectivity index (χ4n) is 5.66. The molecule has 3 rings (SSSR count). The van der Waals surface area contributed by atoms with Gasteiger partial charge in [-0.2, -0.15) is 0 Å². The molecule has 0 aliphatic carbocycles. The average molecular weight is 634 g/mol. The number of ketones is 2. The van der Waals surface area contributed by atoms with Crippen LogP contribution in [0.5, 0.6) is 0 Å². The number of benzene rings is 2. The predicted molar refractivity (Wildman–Crippen MR) is 175 cm³/mol. The summed E-state index contributed by atoms with van der Waals surface area (Å²) in [5.41, 5.74) is 2.57. The second-order valence-corrected chi connectivity index (χ2v) is 12.0. The normalized spacial score (nSPS) is 16.1. The second-order valence-electron chi connectivity index (χ2n) is 12.0. The van der Waals surface area contributed by atoms with Gasteiger partial charge < -0.3 is 14.6 Å². The van der Waals surface area contributed by atoms with Crippen LogP contribution in [0.3, 0.4) is 0 Å². The van der Waals surface area contributed by atoms with E-state index in [-0.39, 0.29) is 31.0 Å². The zero-order chi connectivity index (χ0) is 33.5. The number of hydrogen-bond donors (Lipinski definition) is 1. The van der Waals surface area contributed by atoms with Crippen molar-refractivity contribution in [2.24, 2.45) is 5.92 Å². The van der Waals surface area contributed by atoms with Crippen molar-refractivity contribution >= 4 is 35.1 Å². The molecule has 1 saturated heterocycles. The van der Waals surface area contributed by atoms with Crippen LogP contribution in [0.1, 0.15) is 88.3 Å². The summed E-state index contributed by atoms with van der Waals surface area (Å²) in [5.74, 6) is -3.61. The minimum Gasteiger partial charge on any atom is -0.453 e. The van der Waals surface area contributed by atoms with E-state index >= 15 is 0 Å². The largest absolute Gasteiger partial charge is 0.453 e. The Balaban J connectivity index is 1.77. The number of esters is 1. The number of ether oxygens (including phenoxy) is 2. The van der Waals surface area contributed by atoms with Gasteiger partial charge >= 0.3 is 12.1 Å². The van der Waals surface area contributed by atoms with Crippen LogP contribution in [0.25, 0.3) is 5.57 Å². The fourth-order valence-corrected chi connectivity index (χ4v) is 5.66. The van der Waals surface area contributed by atoms with Crippen molar-refractivity contribution in [3.63, 3.8) is 0 Å². The third-order valence-corrected chi connectivity index (χ3v) is 8.16. The van der Waals surface area contributed by atoms with E-state index in [0.717, 1.165) is 67.9 Å². The molecule has 0 radical (unpaired) electrons. The number of aliphatic hydroxyl groups is 1. The van der Waals surface area contributed by atoms with Gasteiger partial charge in [-0.05, 0) is 50.3 Å². The van der Waals surface area contributed by atoms with E-state index in [1.807, 2.05) is 49.4 Å². The van der Waals surface area contributed by atoms with E-state index in [0.29, 0.717) is 18.4 Å². The minimum absolute atomic E-state index is 0.00793. The second kappa shape index (κ2) is 18.8. The molecule has 0 unspecified atom stereocenters. The van der Waals surface area contributed by atoms with Crippen LogP contribution >= 0.6 is 0 Å². The van der Waals surface area contributed by atoms with Crippen molar-refractivity contribution in [3.8, 4) is 0 Å². The van der Waals surface area contributed by atoms with E-state index < -0.39 is 41.8 Å². The number of nitrogens with zero attached hydrogens (tertiary/aromatic N) is 1. The van der Waals surface area contributed by atoms with Crippen LogP contribution in [-0.4, -0.2) is 64.9 Å². The highest BCUT2D eigenvalue weighted by atomic mass is 16.6. The van der Waals surface area contributed by atoms with Crippen molar-refractivity contribution in [1.82, 2.24) is 4.90 Å². The number of rotatable bonds is 19. The summed E-state index contributed by atoms with van der Waals surface area (Å²) in [6.07, 6.45) is 7.03. The Morgan fingerprint density at radius 1 is 0.957 bits per heavy atom. The lowest BCUT2D eigenvalue weighted by Gasteiger charge is -2.26. The number of carbonyl (C=O) groups is 5. The first-order valence-corrected chi connectivity index (χ1v) is 16.3. The quantitative estimate of drug-likeness (QED) is 0.110. The topological polar surface area (TPSA) is 127 Å². The average Bonchev–Trinajstić information content (AvgIpc) is 3.40. The number of Topliss-reactive ketones (excluding diaryl/α,β-unsaturated/α-hetero) is 1. The smallest absolute Gasteiger partial charge is 0.416 e. The molecule has 1 aliphatic rings. The number of carbonyl (C=O) groups excluding carboxylic acids is 5. The third-order valence-electron chi connectivity index (χ3n) is 8.16. The number of aryl methyl sites for hydroxylation is 1. The molecule has 9 heteroatoms. The van der Waals surface area contributed by atoms with Crippen molar-refractivity contribution in [2.45, 2.75) is 97.1 Å². The summed E-state index contributed by atoms with van der Waals surface area (Å²) in [4.78, 5) is 66.8. The molecule has 46 heavy (non-hydrogen) atoms. The Kier molecular flexibility index (Phi) is 14.8. The molecule has 9 nitrogen and oxygen atoms in total. The Morgan fingerprint density at radius 2 is 1.61 bits per heavy atom. The van der Waals surface area contributed by atoms with Gasteiger partial charge in [-0.3, -0.25) is 19.2 Å². The highest BCUT2D eigenvalue weighted by Crippen LogP contribution is 2.25. The Hall–Kier alpha value is -4.11. The molecule has 0 bridgehead atoms. The maximum atomic E-state index is 13.8. The molecular weight excluding hydrogens is 586 g/mol. The number of allylic oxidation sites excluding steroid dienone is 1. The van der Waals surface area contributed by atoms with Gasteiger partial charge in [-0.25, -0.2) is 9.69 Å². The van der Waals surface area contributed by atoms with E-state index in [1.54, 1.807) is 12.1 Å². The molecule has 1 heterocycles. The highest BCUT2D eigenvalue weighted by Gasteiger charge is 2.43. The molecule has 0 aromatic heterocycles. The van der Waals surface area contributed by atoms with Gasteiger partial charge in [0.15, 0.2) is 17.7 Å². The summed E-state index contributed by atoms with van der Waals surface area (Å²) in [5, 5.41) is 8.90. The van der Waals surface area contributed by atoms with Crippen molar-refractivity contribution in [1.29, 1.82) is 0 Å². The summed E-state index contributed by atoms with van der Waals surface area (Å²) in [6.45, 7) is 4.69. The van der Waals surface area contributed by atoms with E-state index in [1.165, 1.54) is 13.0 Å². The van der Waals surface area contributed by atoms with Gasteiger partial charge in [0.05, 0.1) is 12.0 Å². The molecule has 0 spiro atoms. The van der Waals surface area contributed by atoms with Crippen LogP contribution in [0.4, 0.5) is 4.79 Å². The summed E-state index contributed by atoms with van der Waals surface area (Å²) < 4.78 is 10.6. The van der Waals surface area contributed by atoms with Gasteiger partial charge in [0, 0.05) is 25.5 Å². The van der Waals surface area contributed by atoms with E-state index in [2.05, 4.69) is 0 Å². The van der Waals surface area contributed by atoms with Crippen molar-refractivity contribution < 1.29 is 38.6 Å². The standard InChI is InChI=1S/C37H47NO8/c1-26-16-15-19-30(22-26)32(33(41)20-13-8-6-4-5-7-9-14-21-39)24-34(42)35(46-28(3)40)27(2)36(43)38-31(25-45-37(38)44)23-29-17-11-10-12-18-29/h10-12,15-19,22,24,27,31,35,39H,4-9,13-14,20-21,23,25H2,1-3H3/t27-,31-,35-/m0/s1. The molecule has 0 saturated carbocycles. The molecule has 2 aromatic rings. The first-order valence-electron chi connectivity index (χ1n) is 16.3. The fraction of sp³-hybridized carbons (Fsp3) is 0.486. The molecule has 1 aliphatic heterocycles. The van der Waals surface area contributed by atoms with Crippen LogP contribution in [0.15, 0.2) is 60.7 Å². The van der Waals surface area contributed by atoms with Gasteiger partial charge in [-0.1, -0.05) is 98.7 Å². The van der Waals surface area contributed by atoms with Crippen LogP contribution < -0.4 is 0 Å². The molecule has 1 fully saturated rings. The third kappa shape index (κ3) is 11.1. The Morgan fingerprint density at radius 3 is 2.24 bits per heavy atom. The monoisotopic (exact) mass is 633 g/mol. The number of cyclic esters (lactones) is 1. The molecule has 3 atom stereocenters. The zero-order valence-electron chi connectivity index (χ0n) is 27.2. The van der Waals surface area contributed by atoms with Gasteiger partial charge in [0.1, 0.15) is 6.61 Å². The van der Waals surface area contributed by atoms with Crippen LogP contribution in [-0.2, 0) is 35.1 Å². The summed E-state index contributed by atoms with van der Waals surface area (Å²) in [7, 11) is 0. The summed E-state index contributed by atoms with van der Waals surface area (Å²) in [6, 6.07) is 16.0. The summed E-state index contributed by atoms with van der Waals surface area (Å²) >= 11 is 0. The first kappa shape index (κ1) is 36.4. The van der Waals surface area contributed by atoms with Crippen LogP contribution in [0, 0.1) is 12.8 Å². The molecule has 248 valence electrons. The number of amides is 2. The number of unbranched alkanes of at least 4 members (excludes halogenated alkanes) is 7. The molecular formula is C37H47NO8. The lowest BCUT2D eigenvalue weighted by molar-refractivity contribution is -0.158. The number of aliphatic hydroxyl groups excluding tert-OH is 1. The van der Waals surface area contributed by atoms with Crippen LogP contribution in [0.2, 0.25) is 0 Å². The number of hydrogen-bond acceptors (Lipinski definition) is 8. The molecule has 2 amide bonds. The van der Waals surface area contributed by atoms with Gasteiger partial charge in [-0.15, -0.1) is 0 Å². The van der Waals surface area contributed by atoms with Gasteiger partial charge in [0.2, 0.25) is 5.91 Å². The lowest BCUT2D eigenvalue weighted by Crippen LogP contribution is -2.48. The van der Waals surface area contributed by atoms with Crippen molar-refractivity contribution in [3.05, 3.63) is 77.4 Å². The van der Waals surface area contributed by atoms with E-state index in [4.69, 9.17) is 14.6 Å². The SMILES string of the molecule is CC(=O)O[C@H](C(=O)C=C(C(=O)CCCCCCCCCCO)c1cccc(C)c1)[C@H](C)C(=O)N1C(=O)OC[C@@H]1Cc1ccccc1. The molecule has 1 N–H and O–H groups in total. The Labute approximate surface area is 272 Å². The predicted octanol–water partition coefficient (Wildman–Crippen LogP) is 6.18. The van der Waals surface area contributed by atoms with Gasteiger partial charge in [0.25, 0.3) is 0 Å². The first-order chi connectivity index (χ1) is 22.1. The minimum atomic E-state index is -1.55. The van der Waals surface area contributed by atoms with Crippen molar-refractivity contribution in [2.75, 3.05) is 13.2 Å². The number of imide groups is 1. The lowest BCUT2D eigenvalue weighted by atomic mass is 9.92. The maximum Gasteiger partial charge on any atom is 0.416 e. The van der Waals surface area contributed by atoms with E-state index in [9.17, 15) is 24.0 Å². The highest BCUT2D eigenvalue weighted by molar-refractivity contribution is 6.25. The Bertz CT molecular complexity index is 1370. The zero-order valence-corrected chi connectivity index (χ0v) is 27.2.